The third-order valence-electron chi connectivity index (χ3n) is 7.57. The van der Waals surface area contributed by atoms with Crippen LogP contribution in [0.5, 0.6) is 0 Å². The molecular formula is C21H38N5O4S+. The number of urea groups is 2. The molecule has 3 atom stereocenters. The van der Waals surface area contributed by atoms with E-state index < -0.39 is 5.23 Å². The lowest BCUT2D eigenvalue weighted by molar-refractivity contribution is -1.07. The van der Waals surface area contributed by atoms with Crippen molar-refractivity contribution < 1.29 is 24.9 Å². The molecule has 0 radical (unpaired) electrons. The van der Waals surface area contributed by atoms with Gasteiger partial charge in [-0.15, -0.1) is 0 Å². The van der Waals surface area contributed by atoms with Crippen LogP contribution in [0.25, 0.3) is 0 Å². The Kier molecular flexibility index (Phi) is 7.97. The second-order valence-electron chi connectivity index (χ2n) is 9.70. The minimum absolute atomic E-state index is 0.0594. The number of hydroxylamine groups is 2. The molecule has 3 aliphatic carbocycles. The predicted molar refractivity (Wildman–Crippen MR) is 117 cm³/mol. The Bertz CT molecular complexity index is 619. The van der Waals surface area contributed by atoms with E-state index in [9.17, 15) is 20.0 Å². The second-order valence-corrected chi connectivity index (χ2v) is 10.8. The first-order valence-corrected chi connectivity index (χ1v) is 13.0. The van der Waals surface area contributed by atoms with Gasteiger partial charge in [-0.3, -0.25) is 5.32 Å². The quantitative estimate of drug-likeness (QED) is 0.316. The van der Waals surface area contributed by atoms with Gasteiger partial charge in [-0.2, -0.15) is 0 Å². The van der Waals surface area contributed by atoms with Gasteiger partial charge in [0.1, 0.15) is 6.04 Å². The van der Waals surface area contributed by atoms with Gasteiger partial charge in [0.25, 0.3) is 0 Å². The lowest BCUT2D eigenvalue weighted by Crippen LogP contribution is -3.21. The Morgan fingerprint density at radius 3 is 2.19 bits per heavy atom. The summed E-state index contributed by atoms with van der Waals surface area (Å²) in [6.07, 6.45) is 13.8. The summed E-state index contributed by atoms with van der Waals surface area (Å²) in [5, 5.41) is 26.2. The fraction of sp³-hybridized carbons (Fsp3) is 0.905. The van der Waals surface area contributed by atoms with Crippen LogP contribution in [-0.2, 0) is 0 Å². The van der Waals surface area contributed by atoms with E-state index in [-0.39, 0.29) is 41.7 Å². The van der Waals surface area contributed by atoms with Gasteiger partial charge in [0.2, 0.25) is 5.50 Å². The average molecular weight is 457 g/mol. The largest absolute Gasteiger partial charge is 0.600 e. The molecule has 0 aromatic rings. The van der Waals surface area contributed by atoms with Gasteiger partial charge in [-0.1, -0.05) is 38.5 Å². The summed E-state index contributed by atoms with van der Waals surface area (Å²) in [6, 6.07) is 0.100. The molecule has 31 heavy (non-hydrogen) atoms. The molecule has 10 heteroatoms. The minimum Gasteiger partial charge on any atom is -0.600 e. The maximum Gasteiger partial charge on any atom is 0.430 e. The molecule has 4 fully saturated rings. The molecule has 1 heterocycles. The number of amides is 4. The van der Waals surface area contributed by atoms with Crippen LogP contribution in [0.15, 0.2) is 0 Å². The molecule has 4 rings (SSSR count). The van der Waals surface area contributed by atoms with Crippen molar-refractivity contribution in [2.24, 2.45) is 0 Å². The molecule has 3 unspecified atom stereocenters. The number of hydrogen-bond acceptors (Lipinski definition) is 5. The van der Waals surface area contributed by atoms with Crippen LogP contribution < -0.4 is 20.8 Å². The molecule has 176 valence electrons. The molecule has 5 N–H and O–H groups in total. The van der Waals surface area contributed by atoms with Crippen LogP contribution in [0.1, 0.15) is 89.9 Å². The molecule has 4 aliphatic rings. The van der Waals surface area contributed by atoms with E-state index in [0.717, 1.165) is 56.3 Å². The summed E-state index contributed by atoms with van der Waals surface area (Å²) in [5.41, 5.74) is -0.343. The molecule has 1 aliphatic heterocycles. The van der Waals surface area contributed by atoms with Crippen molar-refractivity contribution in [1.29, 1.82) is 0 Å². The molecule has 0 aromatic carbocycles. The van der Waals surface area contributed by atoms with Gasteiger partial charge < -0.3 is 10.5 Å². The van der Waals surface area contributed by atoms with Crippen molar-refractivity contribution in [1.82, 2.24) is 14.9 Å². The van der Waals surface area contributed by atoms with Gasteiger partial charge >= 0.3 is 12.1 Å². The lowest BCUT2D eigenvalue weighted by atomic mass is 9.90. The Labute approximate surface area is 188 Å². The minimum atomic E-state index is -0.735. The maximum absolute atomic E-state index is 13.5. The van der Waals surface area contributed by atoms with E-state index in [0.29, 0.717) is 25.7 Å². The third-order valence-corrected chi connectivity index (χ3v) is 8.85. The Balaban J connectivity index is 1.42. The number of nitrogens with zero attached hydrogens (tertiary/aromatic N) is 1. The molecule has 4 amide bonds. The van der Waals surface area contributed by atoms with Crippen LogP contribution in [0.3, 0.4) is 0 Å². The van der Waals surface area contributed by atoms with E-state index in [1.165, 1.54) is 24.8 Å². The van der Waals surface area contributed by atoms with Crippen molar-refractivity contribution in [3.8, 4) is 0 Å². The number of rotatable bonds is 5. The standard InChI is InChI=1S/C21H37N5O4S/c27-19(22-15-7-3-1-4-8-15)23-20-24(16-11-13-18(14-12-16)26(29)30)21(28)25(31-20)17-9-5-2-6-10-17/h15-18,20,26,29H,1-14H2,(H2,22,23,27)/p+1. The van der Waals surface area contributed by atoms with Gasteiger partial charge in [0.15, 0.2) is 0 Å². The number of hydrogen-bond donors (Lipinski definition) is 5. The molecule has 9 nitrogen and oxygen atoms in total. The summed E-state index contributed by atoms with van der Waals surface area (Å²) in [6.45, 7) is 0. The molecule has 0 aromatic heterocycles. The molecule has 0 bridgehead atoms. The fourth-order valence-corrected chi connectivity index (χ4v) is 7.14. The smallest absolute Gasteiger partial charge is 0.430 e. The first-order valence-electron chi connectivity index (χ1n) is 12.2. The zero-order valence-corrected chi connectivity index (χ0v) is 19.1. The summed E-state index contributed by atoms with van der Waals surface area (Å²) in [4.78, 5) is 27.0. The van der Waals surface area contributed by atoms with Gasteiger partial charge in [-0.25, -0.2) is 29.2 Å². The zero-order chi connectivity index (χ0) is 21.8. The normalized spacial score (nSPS) is 34.5. The first-order chi connectivity index (χ1) is 15.0. The van der Waals surface area contributed by atoms with Gasteiger partial charge in [-0.05, 0) is 25.7 Å². The highest BCUT2D eigenvalue weighted by Crippen LogP contribution is 2.31. The first kappa shape index (κ1) is 23.1. The van der Waals surface area contributed by atoms with Crippen molar-refractivity contribution in [3.63, 3.8) is 0 Å². The van der Waals surface area contributed by atoms with Gasteiger partial charge in [0.05, 0.1) is 6.04 Å². The van der Waals surface area contributed by atoms with Crippen LogP contribution in [0, 0.1) is 5.21 Å². The monoisotopic (exact) mass is 456 g/mol. The Morgan fingerprint density at radius 2 is 1.58 bits per heavy atom. The van der Waals surface area contributed by atoms with Crippen LogP contribution in [0.4, 0.5) is 9.59 Å². The van der Waals surface area contributed by atoms with Crippen molar-refractivity contribution >= 4 is 24.0 Å². The lowest BCUT2D eigenvalue weighted by Gasteiger charge is -2.34. The molecule has 3 saturated carbocycles. The van der Waals surface area contributed by atoms with E-state index in [4.69, 9.17) is 0 Å². The van der Waals surface area contributed by atoms with Gasteiger partial charge in [0, 0.05) is 49.7 Å². The molecule has 1 saturated heterocycles. The zero-order valence-electron chi connectivity index (χ0n) is 18.3. The summed E-state index contributed by atoms with van der Waals surface area (Å²) in [7, 11) is 0. The number of carbonyl (C=O) groups is 2. The van der Waals surface area contributed by atoms with E-state index >= 15 is 0 Å². The highest BCUT2D eigenvalue weighted by Gasteiger charge is 2.52. The Hall–Kier alpha value is -1.07. The fourth-order valence-electron chi connectivity index (χ4n) is 5.76. The number of quaternary nitrogens is 2. The second kappa shape index (κ2) is 10.7. The van der Waals surface area contributed by atoms with E-state index in [1.54, 1.807) is 0 Å². The molecular weight excluding hydrogens is 418 g/mol. The highest BCUT2D eigenvalue weighted by atomic mass is 32.2. The Morgan fingerprint density at radius 1 is 0.968 bits per heavy atom. The third kappa shape index (κ3) is 5.65. The summed E-state index contributed by atoms with van der Waals surface area (Å²) < 4.78 is 1.93. The van der Waals surface area contributed by atoms with Crippen LogP contribution in [0.2, 0.25) is 0 Å². The maximum atomic E-state index is 13.5. The highest BCUT2D eigenvalue weighted by molar-refractivity contribution is 7.98. The summed E-state index contributed by atoms with van der Waals surface area (Å²) in [5.74, 6) is 0. The average Bonchev–Trinajstić information content (AvgIpc) is 3.10. The SMILES string of the molecule is O=C(NC1CCCCC1)NC1SN(C2CCCCC2)C(=O)[NH+]1C1CCC([NH+]([O-])O)CC1. The molecule has 0 spiro atoms. The number of nitrogens with one attached hydrogen (secondary N) is 4. The van der Waals surface area contributed by atoms with Crippen LogP contribution in [-0.4, -0.2) is 51.2 Å². The number of carbonyl (C=O) groups excluding carboxylic acids is 2. The van der Waals surface area contributed by atoms with Crippen molar-refractivity contribution in [3.05, 3.63) is 5.21 Å². The van der Waals surface area contributed by atoms with Crippen LogP contribution >= 0.6 is 11.9 Å². The predicted octanol–water partition coefficient (Wildman–Crippen LogP) is 1.29. The van der Waals surface area contributed by atoms with E-state index in [2.05, 4.69) is 10.6 Å². The van der Waals surface area contributed by atoms with Crippen molar-refractivity contribution in [2.75, 3.05) is 0 Å². The summed E-state index contributed by atoms with van der Waals surface area (Å²) >= 11 is 1.48. The topological polar surface area (TPSA) is 114 Å². The van der Waals surface area contributed by atoms with E-state index in [1.807, 2.05) is 4.31 Å². The van der Waals surface area contributed by atoms with Crippen molar-refractivity contribution in [2.45, 2.75) is 120 Å².